The molecule has 3 rings (SSSR count). The predicted molar refractivity (Wildman–Crippen MR) is 104 cm³/mol. The summed E-state index contributed by atoms with van der Waals surface area (Å²) in [5.74, 6) is 0.468. The second kappa shape index (κ2) is 7.57. The average Bonchev–Trinajstić information content (AvgIpc) is 2.95. The molecule has 0 unspecified atom stereocenters. The lowest BCUT2D eigenvalue weighted by atomic mass is 10.0. The number of aromatic nitrogens is 4. The maximum absolute atomic E-state index is 12.5. The average molecular weight is 365 g/mol. The Morgan fingerprint density at radius 3 is 2.52 bits per heavy atom. The normalized spacial score (nSPS) is 11.0. The van der Waals surface area contributed by atoms with Crippen LogP contribution in [-0.4, -0.2) is 25.5 Å². The predicted octanol–water partition coefficient (Wildman–Crippen LogP) is 2.81. The van der Waals surface area contributed by atoms with Gasteiger partial charge in [0.1, 0.15) is 6.54 Å². The first kappa shape index (κ1) is 18.6. The molecule has 0 aliphatic carbocycles. The fourth-order valence-electron chi connectivity index (χ4n) is 2.97. The van der Waals surface area contributed by atoms with E-state index in [1.165, 1.54) is 6.07 Å². The van der Waals surface area contributed by atoms with Crippen LogP contribution in [-0.2, 0) is 11.3 Å². The molecule has 0 saturated heterocycles. The van der Waals surface area contributed by atoms with E-state index in [9.17, 15) is 9.59 Å². The van der Waals surface area contributed by atoms with Gasteiger partial charge in [-0.3, -0.25) is 9.59 Å². The highest BCUT2D eigenvalue weighted by Gasteiger charge is 2.12. The molecule has 0 bridgehead atoms. The molecule has 1 N–H and O–H groups in total. The third-order valence-corrected chi connectivity index (χ3v) is 4.23. The number of nitrogens with zero attached hydrogens (tertiary/aromatic N) is 4. The quantitative estimate of drug-likeness (QED) is 0.754. The van der Waals surface area contributed by atoms with Crippen LogP contribution in [0.4, 0.5) is 5.69 Å². The van der Waals surface area contributed by atoms with Gasteiger partial charge in [-0.1, -0.05) is 32.0 Å². The number of nitrogens with one attached hydrogen (secondary N) is 1. The third-order valence-electron chi connectivity index (χ3n) is 4.23. The van der Waals surface area contributed by atoms with Crippen LogP contribution in [0, 0.1) is 13.8 Å². The van der Waals surface area contributed by atoms with E-state index >= 15 is 0 Å². The summed E-state index contributed by atoms with van der Waals surface area (Å²) in [5.41, 5.74) is 3.21. The van der Waals surface area contributed by atoms with Crippen LogP contribution in [0.15, 0.2) is 47.3 Å². The molecule has 2 aromatic heterocycles. The van der Waals surface area contributed by atoms with E-state index < -0.39 is 0 Å². The Bertz CT molecular complexity index is 1030. The number of hydrogen-bond donors (Lipinski definition) is 1. The van der Waals surface area contributed by atoms with E-state index in [4.69, 9.17) is 0 Å². The van der Waals surface area contributed by atoms with E-state index in [1.54, 1.807) is 10.7 Å². The summed E-state index contributed by atoms with van der Waals surface area (Å²) in [5, 5.41) is 11.5. The van der Waals surface area contributed by atoms with Gasteiger partial charge in [0, 0.05) is 17.4 Å². The van der Waals surface area contributed by atoms with Crippen LogP contribution in [0.3, 0.4) is 0 Å². The number of amides is 1. The standard InChI is InChI=1S/C20H23N5O2/c1-13(2)16-7-5-6-8-17(16)21-19(26)12-24-20(27)10-9-18(23-24)25-15(4)11-14(3)22-25/h5-11,13H,12H2,1-4H3,(H,21,26). The Kier molecular flexibility index (Phi) is 5.21. The lowest BCUT2D eigenvalue weighted by Crippen LogP contribution is -2.30. The summed E-state index contributed by atoms with van der Waals surface area (Å²) in [7, 11) is 0. The number of carbonyl (C=O) groups is 1. The Morgan fingerprint density at radius 1 is 1.11 bits per heavy atom. The van der Waals surface area contributed by atoms with Gasteiger partial charge in [0.25, 0.3) is 5.56 Å². The highest BCUT2D eigenvalue weighted by Crippen LogP contribution is 2.23. The Labute approximate surface area is 157 Å². The highest BCUT2D eigenvalue weighted by molar-refractivity contribution is 5.91. The highest BCUT2D eigenvalue weighted by atomic mass is 16.2. The van der Waals surface area contributed by atoms with Crippen molar-refractivity contribution in [3.05, 3.63) is 69.8 Å². The van der Waals surface area contributed by atoms with Gasteiger partial charge in [-0.2, -0.15) is 5.10 Å². The zero-order chi connectivity index (χ0) is 19.6. The maximum atomic E-state index is 12.5. The van der Waals surface area contributed by atoms with Crippen molar-refractivity contribution < 1.29 is 4.79 Å². The van der Waals surface area contributed by atoms with Crippen LogP contribution in [0.2, 0.25) is 0 Å². The Hall–Kier alpha value is -3.22. The summed E-state index contributed by atoms with van der Waals surface area (Å²) in [6.07, 6.45) is 0. The van der Waals surface area contributed by atoms with E-state index in [1.807, 2.05) is 44.2 Å². The van der Waals surface area contributed by atoms with Gasteiger partial charge in [0.2, 0.25) is 5.91 Å². The molecule has 2 heterocycles. The van der Waals surface area contributed by atoms with Gasteiger partial charge in [-0.15, -0.1) is 5.10 Å². The number of carbonyl (C=O) groups excluding carboxylic acids is 1. The molecular formula is C20H23N5O2. The van der Waals surface area contributed by atoms with Gasteiger partial charge in [0.05, 0.1) is 5.69 Å². The van der Waals surface area contributed by atoms with Crippen molar-refractivity contribution in [1.82, 2.24) is 19.6 Å². The number of rotatable bonds is 5. The SMILES string of the molecule is Cc1cc(C)n(-c2ccc(=O)n(CC(=O)Nc3ccccc3C(C)C)n2)n1. The Morgan fingerprint density at radius 2 is 1.85 bits per heavy atom. The minimum absolute atomic E-state index is 0.168. The molecule has 0 atom stereocenters. The molecule has 7 nitrogen and oxygen atoms in total. The Balaban J connectivity index is 1.83. The van der Waals surface area contributed by atoms with Crippen LogP contribution < -0.4 is 10.9 Å². The molecule has 140 valence electrons. The van der Waals surface area contributed by atoms with E-state index in [0.29, 0.717) is 5.82 Å². The zero-order valence-electron chi connectivity index (χ0n) is 15.9. The second-order valence-corrected chi connectivity index (χ2v) is 6.82. The smallest absolute Gasteiger partial charge is 0.267 e. The molecule has 0 saturated carbocycles. The number of benzene rings is 1. The topological polar surface area (TPSA) is 81.8 Å². The second-order valence-electron chi connectivity index (χ2n) is 6.82. The third kappa shape index (κ3) is 4.13. The van der Waals surface area contributed by atoms with Crippen LogP contribution in [0.5, 0.6) is 0 Å². The molecule has 27 heavy (non-hydrogen) atoms. The van der Waals surface area contributed by atoms with Crippen molar-refractivity contribution in [1.29, 1.82) is 0 Å². The van der Waals surface area contributed by atoms with Gasteiger partial charge in [0.15, 0.2) is 5.82 Å². The van der Waals surface area contributed by atoms with Gasteiger partial charge >= 0.3 is 0 Å². The van der Waals surface area contributed by atoms with Crippen LogP contribution in [0.25, 0.3) is 5.82 Å². The molecule has 0 fully saturated rings. The van der Waals surface area contributed by atoms with Crippen molar-refractivity contribution in [3.8, 4) is 5.82 Å². The first-order chi connectivity index (χ1) is 12.8. The van der Waals surface area contributed by atoms with Crippen molar-refractivity contribution in [2.45, 2.75) is 40.2 Å². The fraction of sp³-hybridized carbons (Fsp3) is 0.300. The van der Waals surface area contributed by atoms with E-state index in [2.05, 4.69) is 29.4 Å². The van der Waals surface area contributed by atoms with E-state index in [-0.39, 0.29) is 23.9 Å². The monoisotopic (exact) mass is 365 g/mol. The largest absolute Gasteiger partial charge is 0.324 e. The van der Waals surface area contributed by atoms with Crippen LogP contribution in [0.1, 0.15) is 36.7 Å². The first-order valence-electron chi connectivity index (χ1n) is 8.85. The number of hydrogen-bond acceptors (Lipinski definition) is 4. The summed E-state index contributed by atoms with van der Waals surface area (Å²) in [6.45, 7) is 7.76. The number of para-hydroxylation sites is 1. The molecule has 1 aromatic carbocycles. The van der Waals surface area contributed by atoms with Crippen molar-refractivity contribution in [2.24, 2.45) is 0 Å². The summed E-state index contributed by atoms with van der Waals surface area (Å²) in [4.78, 5) is 24.6. The molecule has 0 spiro atoms. The first-order valence-corrected chi connectivity index (χ1v) is 8.85. The molecule has 7 heteroatoms. The number of aryl methyl sites for hydroxylation is 2. The minimum atomic E-state index is -0.340. The van der Waals surface area contributed by atoms with Crippen molar-refractivity contribution >= 4 is 11.6 Å². The molecule has 0 radical (unpaired) electrons. The van der Waals surface area contributed by atoms with Crippen molar-refractivity contribution in [3.63, 3.8) is 0 Å². The van der Waals surface area contributed by atoms with Gasteiger partial charge in [-0.25, -0.2) is 9.36 Å². The molecule has 1 amide bonds. The van der Waals surface area contributed by atoms with Gasteiger partial charge < -0.3 is 5.32 Å². The van der Waals surface area contributed by atoms with Crippen molar-refractivity contribution in [2.75, 3.05) is 5.32 Å². The molecule has 0 aliphatic rings. The molecule has 0 aliphatic heterocycles. The lowest BCUT2D eigenvalue weighted by molar-refractivity contribution is -0.117. The fourth-order valence-corrected chi connectivity index (χ4v) is 2.97. The van der Waals surface area contributed by atoms with Gasteiger partial charge in [-0.05, 0) is 43.5 Å². The zero-order valence-corrected chi connectivity index (χ0v) is 15.9. The molecule has 3 aromatic rings. The van der Waals surface area contributed by atoms with E-state index in [0.717, 1.165) is 27.3 Å². The summed E-state index contributed by atoms with van der Waals surface area (Å²) in [6, 6.07) is 12.6. The molecular weight excluding hydrogens is 342 g/mol. The summed E-state index contributed by atoms with van der Waals surface area (Å²) < 4.78 is 2.80. The van der Waals surface area contributed by atoms with Crippen LogP contribution >= 0.6 is 0 Å². The minimum Gasteiger partial charge on any atom is -0.324 e. The number of anilines is 1. The lowest BCUT2D eigenvalue weighted by Gasteiger charge is -2.14. The summed E-state index contributed by atoms with van der Waals surface area (Å²) >= 11 is 0. The maximum Gasteiger partial charge on any atom is 0.267 e.